The molecule has 0 radical (unpaired) electrons. The Labute approximate surface area is 107 Å². The quantitative estimate of drug-likeness (QED) is 0.817. The zero-order valence-corrected chi connectivity index (χ0v) is 10.9. The summed E-state index contributed by atoms with van der Waals surface area (Å²) in [4.78, 5) is 13.9. The summed E-state index contributed by atoms with van der Waals surface area (Å²) in [5.74, 6) is 0.768. The molecule has 1 heterocycles. The normalized spacial score (nSPS) is 17.3. The first-order valence-electron chi connectivity index (χ1n) is 6.26. The van der Waals surface area contributed by atoms with Gasteiger partial charge in [-0.3, -0.25) is 4.79 Å². The lowest BCUT2D eigenvalue weighted by Gasteiger charge is -2.29. The van der Waals surface area contributed by atoms with Crippen LogP contribution in [0.2, 0.25) is 0 Å². The van der Waals surface area contributed by atoms with E-state index in [0.29, 0.717) is 26.3 Å². The minimum Gasteiger partial charge on any atom is -0.481 e. The van der Waals surface area contributed by atoms with Gasteiger partial charge in [0.05, 0.1) is 13.2 Å². The van der Waals surface area contributed by atoms with Crippen LogP contribution in [0.15, 0.2) is 24.3 Å². The van der Waals surface area contributed by atoms with Crippen LogP contribution in [-0.4, -0.2) is 43.2 Å². The van der Waals surface area contributed by atoms with Crippen molar-refractivity contribution in [1.82, 2.24) is 4.90 Å². The smallest absolute Gasteiger partial charge is 0.263 e. The van der Waals surface area contributed by atoms with Crippen molar-refractivity contribution in [2.24, 2.45) is 0 Å². The van der Waals surface area contributed by atoms with Gasteiger partial charge in [-0.25, -0.2) is 0 Å². The minimum atomic E-state index is -0.454. The van der Waals surface area contributed by atoms with Crippen molar-refractivity contribution in [2.75, 3.05) is 26.3 Å². The topological polar surface area (TPSA) is 38.8 Å². The molecule has 0 N–H and O–H groups in total. The number of aryl methyl sites for hydroxylation is 1. The molecule has 0 spiro atoms. The molecule has 0 saturated carbocycles. The largest absolute Gasteiger partial charge is 0.481 e. The van der Waals surface area contributed by atoms with E-state index >= 15 is 0 Å². The first-order valence-corrected chi connectivity index (χ1v) is 6.26. The summed E-state index contributed by atoms with van der Waals surface area (Å²) in [6.45, 7) is 6.33. The summed E-state index contributed by atoms with van der Waals surface area (Å²) >= 11 is 0. The van der Waals surface area contributed by atoms with Crippen LogP contribution in [0.25, 0.3) is 0 Å². The molecule has 98 valence electrons. The molecule has 4 nitrogen and oxygen atoms in total. The Morgan fingerprint density at radius 2 is 2.11 bits per heavy atom. The predicted molar refractivity (Wildman–Crippen MR) is 68.7 cm³/mol. The van der Waals surface area contributed by atoms with E-state index in [9.17, 15) is 4.79 Å². The van der Waals surface area contributed by atoms with Gasteiger partial charge in [-0.05, 0) is 31.5 Å². The Morgan fingerprint density at radius 3 is 2.78 bits per heavy atom. The van der Waals surface area contributed by atoms with Crippen molar-refractivity contribution < 1.29 is 14.3 Å². The van der Waals surface area contributed by atoms with Crippen LogP contribution < -0.4 is 4.74 Å². The molecule has 1 aromatic carbocycles. The van der Waals surface area contributed by atoms with Crippen LogP contribution >= 0.6 is 0 Å². The van der Waals surface area contributed by atoms with Crippen molar-refractivity contribution in [3.05, 3.63) is 29.8 Å². The van der Waals surface area contributed by atoms with Gasteiger partial charge in [0.25, 0.3) is 5.91 Å². The molecule has 0 unspecified atom stereocenters. The number of hydrogen-bond donors (Lipinski definition) is 0. The molecule has 1 fully saturated rings. The molecule has 1 saturated heterocycles. The third-order valence-corrected chi connectivity index (χ3v) is 2.97. The first kappa shape index (κ1) is 12.9. The highest BCUT2D eigenvalue weighted by molar-refractivity contribution is 5.81. The van der Waals surface area contributed by atoms with Crippen molar-refractivity contribution >= 4 is 5.91 Å². The standard InChI is InChI=1S/C14H19NO3/c1-11-4-3-5-13(10-11)18-12(2)14(16)15-6-8-17-9-7-15/h3-5,10,12H,6-9H2,1-2H3/t12-/m0/s1. The highest BCUT2D eigenvalue weighted by Crippen LogP contribution is 2.15. The maximum atomic E-state index is 12.1. The minimum absolute atomic E-state index is 0.0276. The van der Waals surface area contributed by atoms with Crippen LogP contribution in [0.5, 0.6) is 5.75 Å². The molecule has 2 rings (SSSR count). The van der Waals surface area contributed by atoms with Crippen LogP contribution in [0.4, 0.5) is 0 Å². The van der Waals surface area contributed by atoms with Crippen LogP contribution in [0, 0.1) is 6.92 Å². The van der Waals surface area contributed by atoms with Crippen molar-refractivity contribution in [1.29, 1.82) is 0 Å². The molecule has 1 aromatic rings. The number of carbonyl (C=O) groups excluding carboxylic acids is 1. The van der Waals surface area contributed by atoms with Gasteiger partial charge in [-0.1, -0.05) is 12.1 Å². The molecule has 1 atom stereocenters. The average Bonchev–Trinajstić information content (AvgIpc) is 2.39. The number of amides is 1. The third-order valence-electron chi connectivity index (χ3n) is 2.97. The Hall–Kier alpha value is -1.55. The average molecular weight is 249 g/mol. The molecule has 4 heteroatoms. The summed E-state index contributed by atoms with van der Waals surface area (Å²) in [6.07, 6.45) is -0.454. The lowest BCUT2D eigenvalue weighted by atomic mass is 10.2. The molecular formula is C14H19NO3. The molecule has 0 aliphatic carbocycles. The van der Waals surface area contributed by atoms with Crippen LogP contribution in [-0.2, 0) is 9.53 Å². The summed E-state index contributed by atoms with van der Waals surface area (Å²) in [5.41, 5.74) is 1.12. The van der Waals surface area contributed by atoms with E-state index in [1.54, 1.807) is 11.8 Å². The van der Waals surface area contributed by atoms with Gasteiger partial charge in [0.15, 0.2) is 6.10 Å². The molecule has 1 aliphatic heterocycles. The number of nitrogens with zero attached hydrogens (tertiary/aromatic N) is 1. The van der Waals surface area contributed by atoms with Gasteiger partial charge in [0.1, 0.15) is 5.75 Å². The fourth-order valence-corrected chi connectivity index (χ4v) is 1.98. The summed E-state index contributed by atoms with van der Waals surface area (Å²) < 4.78 is 10.9. The predicted octanol–water partition coefficient (Wildman–Crippen LogP) is 1.62. The lowest BCUT2D eigenvalue weighted by Crippen LogP contribution is -2.46. The Bertz CT molecular complexity index is 413. The van der Waals surface area contributed by atoms with Gasteiger partial charge < -0.3 is 14.4 Å². The van der Waals surface area contributed by atoms with Crippen molar-refractivity contribution in [2.45, 2.75) is 20.0 Å². The number of rotatable bonds is 3. The zero-order chi connectivity index (χ0) is 13.0. The second kappa shape index (κ2) is 5.87. The highest BCUT2D eigenvalue weighted by Gasteiger charge is 2.23. The highest BCUT2D eigenvalue weighted by atomic mass is 16.5. The molecule has 18 heavy (non-hydrogen) atoms. The SMILES string of the molecule is Cc1cccc(O[C@@H](C)C(=O)N2CCOCC2)c1. The molecule has 0 aromatic heterocycles. The number of morpholine rings is 1. The summed E-state index contributed by atoms with van der Waals surface area (Å²) in [6, 6.07) is 7.73. The first-order chi connectivity index (χ1) is 8.66. The fourth-order valence-electron chi connectivity index (χ4n) is 1.98. The van der Waals surface area contributed by atoms with E-state index in [1.165, 1.54) is 0 Å². The number of ether oxygens (including phenoxy) is 2. The van der Waals surface area contributed by atoms with Crippen LogP contribution in [0.3, 0.4) is 0 Å². The molecule has 0 bridgehead atoms. The van der Waals surface area contributed by atoms with Crippen molar-refractivity contribution in [3.63, 3.8) is 0 Å². The zero-order valence-electron chi connectivity index (χ0n) is 10.9. The van der Waals surface area contributed by atoms with Crippen molar-refractivity contribution in [3.8, 4) is 5.75 Å². The maximum absolute atomic E-state index is 12.1. The molecule has 1 aliphatic rings. The summed E-state index contributed by atoms with van der Waals surface area (Å²) in [7, 11) is 0. The van der Waals surface area contributed by atoms with Crippen LogP contribution in [0.1, 0.15) is 12.5 Å². The third kappa shape index (κ3) is 3.23. The number of benzene rings is 1. The van der Waals surface area contributed by atoms with E-state index in [2.05, 4.69) is 0 Å². The van der Waals surface area contributed by atoms with E-state index in [-0.39, 0.29) is 5.91 Å². The Kier molecular flexibility index (Phi) is 4.20. The molecule has 1 amide bonds. The van der Waals surface area contributed by atoms with E-state index in [1.807, 2.05) is 31.2 Å². The Balaban J connectivity index is 1.94. The lowest BCUT2D eigenvalue weighted by molar-refractivity contribution is -0.142. The second-order valence-electron chi connectivity index (χ2n) is 4.51. The van der Waals surface area contributed by atoms with Gasteiger partial charge in [-0.15, -0.1) is 0 Å². The van der Waals surface area contributed by atoms with E-state index < -0.39 is 6.10 Å². The second-order valence-corrected chi connectivity index (χ2v) is 4.51. The number of hydrogen-bond acceptors (Lipinski definition) is 3. The number of carbonyl (C=O) groups is 1. The van der Waals surface area contributed by atoms with Gasteiger partial charge in [-0.2, -0.15) is 0 Å². The van der Waals surface area contributed by atoms with Gasteiger partial charge in [0.2, 0.25) is 0 Å². The Morgan fingerprint density at radius 1 is 1.39 bits per heavy atom. The van der Waals surface area contributed by atoms with E-state index in [4.69, 9.17) is 9.47 Å². The molecular weight excluding hydrogens is 230 g/mol. The monoisotopic (exact) mass is 249 g/mol. The van der Waals surface area contributed by atoms with E-state index in [0.717, 1.165) is 11.3 Å². The van der Waals surface area contributed by atoms with Gasteiger partial charge in [0, 0.05) is 13.1 Å². The van der Waals surface area contributed by atoms with Gasteiger partial charge >= 0.3 is 0 Å². The maximum Gasteiger partial charge on any atom is 0.263 e. The summed E-state index contributed by atoms with van der Waals surface area (Å²) in [5, 5.41) is 0. The fraction of sp³-hybridized carbons (Fsp3) is 0.500.